The zero-order valence-electron chi connectivity index (χ0n) is 22.6. The van der Waals surface area contributed by atoms with E-state index in [1.165, 1.54) is 0 Å². The second-order valence-corrected chi connectivity index (χ2v) is 10.4. The third kappa shape index (κ3) is 4.36. The van der Waals surface area contributed by atoms with Gasteiger partial charge in [0.15, 0.2) is 5.82 Å². The van der Waals surface area contributed by atoms with Crippen molar-refractivity contribution in [1.29, 1.82) is 0 Å². The van der Waals surface area contributed by atoms with Gasteiger partial charge in [-0.1, -0.05) is 109 Å². The zero-order valence-corrected chi connectivity index (χ0v) is 22.6. The number of hydrogen-bond acceptors (Lipinski definition) is 4. The molecule has 4 heteroatoms. The van der Waals surface area contributed by atoms with Crippen molar-refractivity contribution in [2.45, 2.75) is 0 Å². The molecule has 5 aromatic carbocycles. The number of nitrogens with zero attached hydrogens (tertiary/aromatic N) is 4. The van der Waals surface area contributed by atoms with Crippen molar-refractivity contribution in [2.24, 2.45) is 0 Å². The van der Waals surface area contributed by atoms with Gasteiger partial charge in [-0.05, 0) is 41.1 Å². The third-order valence-corrected chi connectivity index (χ3v) is 7.69. The largest absolute Gasteiger partial charge is 0.254 e. The van der Waals surface area contributed by atoms with Gasteiger partial charge in [-0.2, -0.15) is 0 Å². The van der Waals surface area contributed by atoms with Gasteiger partial charge in [0.25, 0.3) is 0 Å². The number of aromatic nitrogens is 4. The van der Waals surface area contributed by atoms with E-state index < -0.39 is 0 Å². The smallest absolute Gasteiger partial charge is 0.160 e. The lowest BCUT2D eigenvalue weighted by atomic mass is 10.0. The number of benzene rings is 5. The van der Waals surface area contributed by atoms with E-state index in [1.807, 2.05) is 48.7 Å². The number of fused-ring (bicyclic) bond motifs is 4. The van der Waals surface area contributed by atoms with Crippen LogP contribution in [0.15, 0.2) is 146 Å². The van der Waals surface area contributed by atoms with Crippen molar-refractivity contribution in [3.05, 3.63) is 146 Å². The van der Waals surface area contributed by atoms with E-state index in [0.29, 0.717) is 5.82 Å². The molecule has 0 spiro atoms. The van der Waals surface area contributed by atoms with E-state index in [2.05, 4.69) is 102 Å². The fourth-order valence-corrected chi connectivity index (χ4v) is 5.52. The van der Waals surface area contributed by atoms with Gasteiger partial charge < -0.3 is 0 Å². The van der Waals surface area contributed by atoms with E-state index in [0.717, 1.165) is 71.9 Å². The topological polar surface area (TPSA) is 51.6 Å². The van der Waals surface area contributed by atoms with E-state index in [4.69, 9.17) is 15.0 Å². The third-order valence-electron chi connectivity index (χ3n) is 7.69. The van der Waals surface area contributed by atoms with Crippen molar-refractivity contribution in [1.82, 2.24) is 19.9 Å². The minimum absolute atomic E-state index is 0.705. The average molecular weight is 537 g/mol. The summed E-state index contributed by atoms with van der Waals surface area (Å²) in [6.07, 6.45) is 1.83. The van der Waals surface area contributed by atoms with Crippen molar-refractivity contribution in [2.75, 3.05) is 0 Å². The summed E-state index contributed by atoms with van der Waals surface area (Å²) in [6.45, 7) is 0. The first-order valence-corrected chi connectivity index (χ1v) is 14.0. The van der Waals surface area contributed by atoms with Crippen LogP contribution in [0.4, 0.5) is 0 Å². The molecule has 42 heavy (non-hydrogen) atoms. The van der Waals surface area contributed by atoms with Gasteiger partial charge in [0.2, 0.25) is 0 Å². The second-order valence-electron chi connectivity index (χ2n) is 10.4. The molecule has 0 aliphatic carbocycles. The quantitative estimate of drug-likeness (QED) is 0.210. The van der Waals surface area contributed by atoms with Crippen LogP contribution in [-0.2, 0) is 0 Å². The summed E-state index contributed by atoms with van der Waals surface area (Å²) in [5, 5.41) is 4.44. The van der Waals surface area contributed by atoms with Gasteiger partial charge in [-0.3, -0.25) is 4.98 Å². The van der Waals surface area contributed by atoms with Gasteiger partial charge in [-0.25, -0.2) is 15.0 Å². The maximum atomic E-state index is 5.04. The number of hydrogen-bond donors (Lipinski definition) is 0. The molecule has 0 N–H and O–H groups in total. The van der Waals surface area contributed by atoms with Crippen LogP contribution in [0.5, 0.6) is 0 Å². The lowest BCUT2D eigenvalue weighted by Crippen LogP contribution is -1.96. The highest BCUT2D eigenvalue weighted by Gasteiger charge is 2.12. The molecular weight excluding hydrogens is 512 g/mol. The molecule has 8 aromatic rings. The Morgan fingerprint density at radius 2 is 0.905 bits per heavy atom. The molecule has 0 bridgehead atoms. The molecule has 0 saturated heterocycles. The van der Waals surface area contributed by atoms with E-state index in [-0.39, 0.29) is 0 Å². The Labute approximate surface area is 243 Å². The Bertz CT molecular complexity index is 2190. The second kappa shape index (κ2) is 10.0. The Balaban J connectivity index is 1.21. The summed E-state index contributed by atoms with van der Waals surface area (Å²) in [5.41, 5.74) is 8.76. The van der Waals surface area contributed by atoms with Crippen LogP contribution in [0.3, 0.4) is 0 Å². The molecular formula is C38H24N4. The van der Waals surface area contributed by atoms with Gasteiger partial charge in [0, 0.05) is 39.2 Å². The molecule has 196 valence electrons. The minimum Gasteiger partial charge on any atom is -0.254 e. The molecule has 0 fully saturated rings. The number of pyridine rings is 2. The molecule has 0 radical (unpaired) electrons. The predicted molar refractivity (Wildman–Crippen MR) is 172 cm³/mol. The Hall–Kier alpha value is -5.74. The Kier molecular flexibility index (Phi) is 5.75. The normalized spacial score (nSPS) is 11.3. The molecule has 0 saturated carbocycles. The van der Waals surface area contributed by atoms with Crippen LogP contribution < -0.4 is 0 Å². The van der Waals surface area contributed by atoms with Crippen molar-refractivity contribution in [3.63, 3.8) is 0 Å². The fourth-order valence-electron chi connectivity index (χ4n) is 5.52. The first-order valence-electron chi connectivity index (χ1n) is 14.0. The molecule has 0 atom stereocenters. The first-order chi connectivity index (χ1) is 20.8. The molecule has 3 aromatic heterocycles. The molecule has 0 aliphatic rings. The summed E-state index contributed by atoms with van der Waals surface area (Å²) >= 11 is 0. The standard InChI is InChI=1S/C38H24N4/c1-3-8-25(9-4-1)34-24-35(26-10-5-2-6-11-26)42-38(41-34)32-18-16-29-22-31(17-15-30(29)23-32)33-20-19-28-14-13-27-12-7-21-39-36(27)37(28)40-33/h1-24H. The van der Waals surface area contributed by atoms with E-state index in [9.17, 15) is 0 Å². The summed E-state index contributed by atoms with van der Waals surface area (Å²) in [6, 6.07) is 48.0. The molecule has 8 rings (SSSR count). The summed E-state index contributed by atoms with van der Waals surface area (Å²) < 4.78 is 0. The van der Waals surface area contributed by atoms with Crippen LogP contribution in [0.2, 0.25) is 0 Å². The van der Waals surface area contributed by atoms with Crippen molar-refractivity contribution in [3.8, 4) is 45.2 Å². The summed E-state index contributed by atoms with van der Waals surface area (Å²) in [7, 11) is 0. The van der Waals surface area contributed by atoms with E-state index in [1.54, 1.807) is 0 Å². The molecule has 3 heterocycles. The Morgan fingerprint density at radius 3 is 1.60 bits per heavy atom. The van der Waals surface area contributed by atoms with Crippen LogP contribution in [0.25, 0.3) is 77.7 Å². The maximum Gasteiger partial charge on any atom is 0.160 e. The van der Waals surface area contributed by atoms with Gasteiger partial charge in [0.1, 0.15) is 0 Å². The molecule has 0 aliphatic heterocycles. The lowest BCUT2D eigenvalue weighted by Gasteiger charge is -2.11. The summed E-state index contributed by atoms with van der Waals surface area (Å²) in [4.78, 5) is 19.6. The molecule has 0 amide bonds. The molecule has 4 nitrogen and oxygen atoms in total. The fraction of sp³-hybridized carbons (Fsp3) is 0. The zero-order chi connectivity index (χ0) is 27.9. The highest BCUT2D eigenvalue weighted by Crippen LogP contribution is 2.31. The lowest BCUT2D eigenvalue weighted by molar-refractivity contribution is 1.18. The first kappa shape index (κ1) is 24.1. The van der Waals surface area contributed by atoms with Gasteiger partial charge in [0.05, 0.1) is 28.1 Å². The van der Waals surface area contributed by atoms with Gasteiger partial charge in [-0.15, -0.1) is 0 Å². The van der Waals surface area contributed by atoms with Crippen LogP contribution in [-0.4, -0.2) is 19.9 Å². The van der Waals surface area contributed by atoms with Crippen LogP contribution >= 0.6 is 0 Å². The SMILES string of the molecule is c1ccc(-c2cc(-c3ccccc3)nc(-c3ccc4cc(-c5ccc6ccc7cccnc7c6n5)ccc4c3)n2)cc1. The van der Waals surface area contributed by atoms with Crippen LogP contribution in [0, 0.1) is 0 Å². The van der Waals surface area contributed by atoms with E-state index >= 15 is 0 Å². The molecule has 0 unspecified atom stereocenters. The van der Waals surface area contributed by atoms with Crippen LogP contribution in [0.1, 0.15) is 0 Å². The predicted octanol–water partition coefficient (Wildman–Crippen LogP) is 9.39. The Morgan fingerprint density at radius 1 is 0.333 bits per heavy atom. The average Bonchev–Trinajstić information content (AvgIpc) is 3.08. The van der Waals surface area contributed by atoms with Gasteiger partial charge >= 0.3 is 0 Å². The summed E-state index contributed by atoms with van der Waals surface area (Å²) in [5.74, 6) is 0.705. The minimum atomic E-state index is 0.705. The number of rotatable bonds is 4. The van der Waals surface area contributed by atoms with Crippen molar-refractivity contribution < 1.29 is 0 Å². The van der Waals surface area contributed by atoms with Crippen molar-refractivity contribution >= 4 is 32.6 Å². The maximum absolute atomic E-state index is 5.04. The highest BCUT2D eigenvalue weighted by molar-refractivity contribution is 6.03. The highest BCUT2D eigenvalue weighted by atomic mass is 14.9. The monoisotopic (exact) mass is 536 g/mol.